The molecule has 0 saturated heterocycles. The van der Waals surface area contributed by atoms with E-state index in [0.29, 0.717) is 42.0 Å². The fourth-order valence-electron chi connectivity index (χ4n) is 4.43. The van der Waals surface area contributed by atoms with Gasteiger partial charge in [-0.3, -0.25) is 25.1 Å². The molecule has 4 aliphatic rings. The highest BCUT2D eigenvalue weighted by Crippen LogP contribution is 2.32. The number of carbonyl (C=O) groups is 4. The summed E-state index contributed by atoms with van der Waals surface area (Å²) in [4.78, 5) is 63.1. The number of hydrogen-bond donors (Lipinski definition) is 3. The van der Waals surface area contributed by atoms with Crippen molar-refractivity contribution in [2.45, 2.75) is 85.5 Å². The number of halogens is 2. The zero-order valence-electron chi connectivity index (χ0n) is 30.0. The molecule has 278 valence electrons. The normalized spacial score (nSPS) is 16.3. The number of nitrogens with zero attached hydrogens (tertiary/aromatic N) is 3. The van der Waals surface area contributed by atoms with Crippen LogP contribution in [0.3, 0.4) is 0 Å². The van der Waals surface area contributed by atoms with E-state index in [-0.39, 0.29) is 54.4 Å². The number of guanidine groups is 1. The SMILES string of the molecule is CCON=C1CC(=O)NC(NC(=O)OC(C)(C)C)=NCc2cc(Cl)c(c(Cl)c2)NC(=O)CN(C(=O)OC(C)(C)C)CCCCOc2ccc1cc2. The predicted octanol–water partition coefficient (Wildman–Crippen LogP) is 6.67. The van der Waals surface area contributed by atoms with Crippen molar-refractivity contribution >= 4 is 64.6 Å². The largest absolute Gasteiger partial charge is 0.494 e. The molecular formula is C35H46Cl2N6O8. The maximum atomic E-state index is 13.3. The van der Waals surface area contributed by atoms with E-state index >= 15 is 0 Å². The van der Waals surface area contributed by atoms with E-state index in [9.17, 15) is 19.2 Å². The van der Waals surface area contributed by atoms with Gasteiger partial charge >= 0.3 is 12.2 Å². The number of rotatable bonds is 2. The Morgan fingerprint density at radius 1 is 0.961 bits per heavy atom. The molecule has 6 rings (SSSR count). The molecule has 2 aromatic rings. The Hall–Kier alpha value is -4.56. The summed E-state index contributed by atoms with van der Waals surface area (Å²) >= 11 is 13.1. The van der Waals surface area contributed by atoms with E-state index in [1.54, 1.807) is 72.7 Å². The van der Waals surface area contributed by atoms with Crippen LogP contribution in [0, 0.1) is 0 Å². The molecule has 4 aliphatic heterocycles. The molecule has 2 aromatic carbocycles. The van der Waals surface area contributed by atoms with Gasteiger partial charge in [0.05, 0.1) is 41.0 Å². The lowest BCUT2D eigenvalue weighted by molar-refractivity contribution is -0.119. The summed E-state index contributed by atoms with van der Waals surface area (Å²) in [5.74, 6) is -0.713. The first-order chi connectivity index (χ1) is 23.9. The molecule has 14 nitrogen and oxygen atoms in total. The van der Waals surface area contributed by atoms with Crippen molar-refractivity contribution in [3.8, 4) is 5.75 Å². The van der Waals surface area contributed by atoms with Gasteiger partial charge in [0.1, 0.15) is 30.1 Å². The monoisotopic (exact) mass is 748 g/mol. The maximum absolute atomic E-state index is 13.3. The number of ether oxygens (including phenoxy) is 3. The number of benzene rings is 2. The first-order valence-electron chi connectivity index (χ1n) is 16.4. The first-order valence-corrected chi connectivity index (χ1v) is 17.2. The maximum Gasteiger partial charge on any atom is 0.414 e. The Kier molecular flexibility index (Phi) is 14.9. The van der Waals surface area contributed by atoms with Crippen LogP contribution in [0.15, 0.2) is 46.5 Å². The summed E-state index contributed by atoms with van der Waals surface area (Å²) in [5, 5.41) is 12.1. The van der Waals surface area contributed by atoms with Crippen LogP contribution in [0.4, 0.5) is 15.3 Å². The van der Waals surface area contributed by atoms with Crippen molar-refractivity contribution in [1.29, 1.82) is 0 Å². The minimum Gasteiger partial charge on any atom is -0.494 e. The van der Waals surface area contributed by atoms with Gasteiger partial charge < -0.3 is 24.4 Å². The summed E-state index contributed by atoms with van der Waals surface area (Å²) in [6.07, 6.45) is -0.626. The zero-order valence-corrected chi connectivity index (χ0v) is 31.5. The van der Waals surface area contributed by atoms with Crippen LogP contribution in [-0.4, -0.2) is 78.1 Å². The second-order valence-corrected chi connectivity index (χ2v) is 14.3. The van der Waals surface area contributed by atoms with Gasteiger partial charge in [0.2, 0.25) is 17.8 Å². The molecule has 16 heteroatoms. The molecule has 4 bridgehead atoms. The fourth-order valence-corrected chi connectivity index (χ4v) is 5.05. The Morgan fingerprint density at radius 2 is 1.61 bits per heavy atom. The van der Waals surface area contributed by atoms with Crippen LogP contribution in [0.5, 0.6) is 5.75 Å². The van der Waals surface area contributed by atoms with E-state index < -0.39 is 35.2 Å². The van der Waals surface area contributed by atoms with E-state index in [1.165, 1.54) is 17.0 Å². The molecule has 0 aromatic heterocycles. The second kappa shape index (κ2) is 18.6. The zero-order chi connectivity index (χ0) is 37.8. The minimum atomic E-state index is -0.844. The minimum absolute atomic E-state index is 0.0904. The number of aliphatic imine (C=N–C) groups is 1. The molecule has 0 atom stereocenters. The van der Waals surface area contributed by atoms with Gasteiger partial charge in [-0.25, -0.2) is 14.6 Å². The van der Waals surface area contributed by atoms with E-state index in [0.717, 1.165) is 0 Å². The van der Waals surface area contributed by atoms with Gasteiger partial charge in [-0.2, -0.15) is 0 Å². The van der Waals surface area contributed by atoms with Gasteiger partial charge in [0.15, 0.2) is 0 Å². The third-order valence-corrected chi connectivity index (χ3v) is 7.16. The number of nitrogens with one attached hydrogen (secondary N) is 3. The lowest BCUT2D eigenvalue weighted by Crippen LogP contribution is -2.46. The highest BCUT2D eigenvalue weighted by atomic mass is 35.5. The summed E-state index contributed by atoms with van der Waals surface area (Å²) in [7, 11) is 0. The van der Waals surface area contributed by atoms with Crippen LogP contribution in [-0.2, 0) is 30.4 Å². The van der Waals surface area contributed by atoms with Crippen molar-refractivity contribution in [3.63, 3.8) is 0 Å². The number of hydrogen-bond acceptors (Lipinski definition) is 10. The van der Waals surface area contributed by atoms with Crippen LogP contribution in [0.25, 0.3) is 0 Å². The Bertz CT molecular complexity index is 1590. The summed E-state index contributed by atoms with van der Waals surface area (Å²) < 4.78 is 16.8. The highest BCUT2D eigenvalue weighted by molar-refractivity contribution is 6.40. The second-order valence-electron chi connectivity index (χ2n) is 13.4. The molecular weight excluding hydrogens is 703 g/mol. The average molecular weight is 750 g/mol. The standard InChI is InChI=1S/C35H46Cl2N6O8/c1-8-49-42-27-19-28(44)40-31(41-32(46)50-34(2,3)4)38-20-22-17-25(36)30(26(37)18-22)39-29(45)21-43(33(47)51-35(5,6)7)15-9-10-16-48-24-13-11-23(27)12-14-24/h11-14,17-18H,8-10,15-16,19-21H2,1-7H3,(H,39,45)(H2,38,40,41,44,46). The molecule has 0 radical (unpaired) electrons. The lowest BCUT2D eigenvalue weighted by atomic mass is 10.1. The first kappa shape index (κ1) is 40.9. The lowest BCUT2D eigenvalue weighted by Gasteiger charge is -2.27. The van der Waals surface area contributed by atoms with E-state index in [4.69, 9.17) is 42.3 Å². The van der Waals surface area contributed by atoms with Crippen LogP contribution >= 0.6 is 23.2 Å². The highest BCUT2D eigenvalue weighted by Gasteiger charge is 2.25. The Morgan fingerprint density at radius 3 is 2.22 bits per heavy atom. The average Bonchev–Trinajstić information content (AvgIpc) is 3.01. The number of carbonyl (C=O) groups excluding carboxylic acids is 4. The third kappa shape index (κ3) is 14.7. The van der Waals surface area contributed by atoms with Crippen molar-refractivity contribution in [1.82, 2.24) is 15.5 Å². The van der Waals surface area contributed by atoms with Gasteiger partial charge in [-0.05, 0) is 103 Å². The molecule has 0 unspecified atom stereocenters. The van der Waals surface area contributed by atoms with Crippen LogP contribution in [0.2, 0.25) is 10.0 Å². The van der Waals surface area contributed by atoms with Crippen LogP contribution < -0.4 is 20.7 Å². The topological polar surface area (TPSA) is 169 Å². The summed E-state index contributed by atoms with van der Waals surface area (Å²) in [5.41, 5.74) is -0.0389. The van der Waals surface area contributed by atoms with Crippen molar-refractivity contribution < 1.29 is 38.2 Å². The number of oxime groups is 1. The smallest absolute Gasteiger partial charge is 0.414 e. The molecule has 0 saturated carbocycles. The summed E-state index contributed by atoms with van der Waals surface area (Å²) in [6.45, 7) is 12.5. The summed E-state index contributed by atoms with van der Waals surface area (Å²) in [6, 6.07) is 10.0. The van der Waals surface area contributed by atoms with Gasteiger partial charge in [0, 0.05) is 12.1 Å². The Labute approximate surface area is 308 Å². The quantitative estimate of drug-likeness (QED) is 0.286. The van der Waals surface area contributed by atoms with Crippen molar-refractivity contribution in [2.24, 2.45) is 10.1 Å². The molecule has 51 heavy (non-hydrogen) atoms. The number of anilines is 1. The number of alkyl carbamates (subject to hydrolysis) is 1. The van der Waals surface area contributed by atoms with Crippen molar-refractivity contribution in [3.05, 3.63) is 57.6 Å². The van der Waals surface area contributed by atoms with E-state index in [1.807, 2.05) is 0 Å². The fraction of sp³-hybridized carbons (Fsp3) is 0.486. The van der Waals surface area contributed by atoms with Gasteiger partial charge in [0.25, 0.3) is 0 Å². The van der Waals surface area contributed by atoms with Crippen LogP contribution in [0.1, 0.15) is 78.9 Å². The molecule has 4 amide bonds. The molecule has 4 heterocycles. The molecule has 0 fully saturated rings. The van der Waals surface area contributed by atoms with Gasteiger partial charge in [-0.1, -0.05) is 28.4 Å². The molecule has 3 N–H and O–H groups in total. The Balaban J connectivity index is 1.98. The number of amides is 4. The predicted molar refractivity (Wildman–Crippen MR) is 196 cm³/mol. The third-order valence-electron chi connectivity index (χ3n) is 6.56. The molecule has 0 aliphatic carbocycles. The van der Waals surface area contributed by atoms with E-state index in [2.05, 4.69) is 26.1 Å². The van der Waals surface area contributed by atoms with Gasteiger partial charge in [-0.15, -0.1) is 0 Å². The molecule has 0 spiro atoms. The van der Waals surface area contributed by atoms with Crippen molar-refractivity contribution in [2.75, 3.05) is 31.6 Å².